The Morgan fingerprint density at radius 2 is 1.70 bits per heavy atom. The average Bonchev–Trinajstić information content (AvgIpc) is 2.88. The first-order valence-electron chi connectivity index (χ1n) is 11.6. The third-order valence-corrected chi connectivity index (χ3v) is 5.89. The number of likely N-dealkylation sites (N-methyl/N-ethyl adjacent to an activating group) is 1. The van der Waals surface area contributed by atoms with Crippen molar-refractivity contribution in [2.75, 3.05) is 48.8 Å². The second kappa shape index (κ2) is 11.3. The molecule has 10 heteroatoms. The third kappa shape index (κ3) is 7.17. The van der Waals surface area contributed by atoms with Crippen LogP contribution in [0, 0.1) is 0 Å². The van der Waals surface area contributed by atoms with Crippen LogP contribution < -0.4 is 15.5 Å². The van der Waals surface area contributed by atoms with Crippen molar-refractivity contribution in [1.82, 2.24) is 9.88 Å². The van der Waals surface area contributed by atoms with Gasteiger partial charge in [0, 0.05) is 43.5 Å². The molecule has 1 fully saturated rings. The van der Waals surface area contributed by atoms with Crippen molar-refractivity contribution in [3.05, 3.63) is 89.6 Å². The van der Waals surface area contributed by atoms with Gasteiger partial charge in [0.2, 0.25) is 5.91 Å². The van der Waals surface area contributed by atoms with Crippen molar-refractivity contribution in [3.63, 3.8) is 0 Å². The lowest BCUT2D eigenvalue weighted by Crippen LogP contribution is -2.44. The number of carbonyl (C=O) groups is 2. The van der Waals surface area contributed by atoms with Crippen LogP contribution >= 0.6 is 0 Å². The molecule has 2 aromatic carbocycles. The van der Waals surface area contributed by atoms with Crippen molar-refractivity contribution in [2.45, 2.75) is 6.18 Å². The lowest BCUT2D eigenvalue weighted by molar-refractivity contribution is -0.137. The van der Waals surface area contributed by atoms with Crippen molar-refractivity contribution in [2.24, 2.45) is 0 Å². The number of alkyl halides is 3. The molecule has 0 bridgehead atoms. The van der Waals surface area contributed by atoms with E-state index in [0.29, 0.717) is 17.1 Å². The van der Waals surface area contributed by atoms with Crippen LogP contribution in [0.2, 0.25) is 0 Å². The predicted molar refractivity (Wildman–Crippen MR) is 137 cm³/mol. The highest BCUT2D eigenvalue weighted by molar-refractivity contribution is 6.05. The topological polar surface area (TPSA) is 77.6 Å². The minimum absolute atomic E-state index is 0.110. The summed E-state index contributed by atoms with van der Waals surface area (Å²) in [6.07, 6.45) is 0.0998. The molecule has 0 saturated carbocycles. The summed E-state index contributed by atoms with van der Waals surface area (Å²) in [4.78, 5) is 33.6. The van der Waals surface area contributed by atoms with E-state index in [1.54, 1.807) is 42.6 Å². The van der Waals surface area contributed by atoms with E-state index in [9.17, 15) is 22.8 Å². The summed E-state index contributed by atoms with van der Waals surface area (Å²) in [7, 11) is 2.09. The summed E-state index contributed by atoms with van der Waals surface area (Å²) in [5.74, 6) is -0.621. The molecule has 3 aromatic rings. The zero-order chi connectivity index (χ0) is 26.4. The average molecular weight is 510 g/mol. The Hall–Kier alpha value is -4.18. The van der Waals surface area contributed by atoms with Crippen LogP contribution in [0.5, 0.6) is 0 Å². The highest BCUT2D eigenvalue weighted by Gasteiger charge is 2.30. The Balaban J connectivity index is 1.34. The smallest absolute Gasteiger partial charge is 0.368 e. The number of anilines is 3. The van der Waals surface area contributed by atoms with Crippen LogP contribution in [0.4, 0.5) is 30.4 Å². The van der Waals surface area contributed by atoms with E-state index in [1.165, 1.54) is 18.2 Å². The van der Waals surface area contributed by atoms with Gasteiger partial charge in [0.1, 0.15) is 5.82 Å². The highest BCUT2D eigenvalue weighted by Crippen LogP contribution is 2.29. The number of nitrogens with one attached hydrogen (secondary N) is 2. The molecule has 2 heterocycles. The maximum atomic E-state index is 12.9. The maximum Gasteiger partial charge on any atom is 0.416 e. The van der Waals surface area contributed by atoms with E-state index in [2.05, 4.69) is 32.5 Å². The van der Waals surface area contributed by atoms with Gasteiger partial charge in [-0.2, -0.15) is 13.2 Å². The van der Waals surface area contributed by atoms with Gasteiger partial charge in [0.15, 0.2) is 0 Å². The summed E-state index contributed by atoms with van der Waals surface area (Å²) in [5.41, 5.74) is 1.000. The number of aromatic nitrogens is 1. The van der Waals surface area contributed by atoms with E-state index in [0.717, 1.165) is 44.0 Å². The van der Waals surface area contributed by atoms with E-state index in [1.807, 2.05) is 6.07 Å². The van der Waals surface area contributed by atoms with E-state index in [-0.39, 0.29) is 11.5 Å². The predicted octanol–water partition coefficient (Wildman–Crippen LogP) is 4.76. The molecule has 1 aromatic heterocycles. The van der Waals surface area contributed by atoms with E-state index in [4.69, 9.17) is 0 Å². The van der Waals surface area contributed by atoms with Gasteiger partial charge >= 0.3 is 6.18 Å². The molecule has 2 N–H and O–H groups in total. The van der Waals surface area contributed by atoms with Gasteiger partial charge in [-0.25, -0.2) is 4.98 Å². The number of nitrogens with zero attached hydrogens (tertiary/aromatic N) is 3. The van der Waals surface area contributed by atoms with Crippen molar-refractivity contribution in [1.29, 1.82) is 0 Å². The SMILES string of the molecule is CN1CCN(c2ccc(NC(=O)/C=C/c3cccc(NC(=O)c4cccc(C(F)(F)F)c4)c3)nc2)CC1. The molecule has 0 atom stereocenters. The summed E-state index contributed by atoms with van der Waals surface area (Å²) in [6, 6.07) is 14.5. The number of piperazine rings is 1. The zero-order valence-electron chi connectivity index (χ0n) is 20.1. The van der Waals surface area contributed by atoms with Crippen LogP contribution in [-0.4, -0.2) is 54.9 Å². The Morgan fingerprint density at radius 3 is 2.41 bits per heavy atom. The van der Waals surface area contributed by atoms with Gasteiger partial charge < -0.3 is 20.4 Å². The summed E-state index contributed by atoms with van der Waals surface area (Å²) in [6.45, 7) is 3.82. The van der Waals surface area contributed by atoms with E-state index < -0.39 is 17.6 Å². The highest BCUT2D eigenvalue weighted by atomic mass is 19.4. The first kappa shape index (κ1) is 25.9. The molecule has 4 rings (SSSR count). The molecular formula is C27H26F3N5O2. The van der Waals surface area contributed by atoms with Gasteiger partial charge in [-0.1, -0.05) is 18.2 Å². The fraction of sp³-hybridized carbons (Fsp3) is 0.222. The number of benzene rings is 2. The first-order chi connectivity index (χ1) is 17.7. The molecule has 0 aliphatic carbocycles. The Kier molecular flexibility index (Phi) is 7.88. The van der Waals surface area contributed by atoms with Crippen molar-refractivity contribution in [3.8, 4) is 0 Å². The van der Waals surface area contributed by atoms with Gasteiger partial charge in [0.25, 0.3) is 5.91 Å². The lowest BCUT2D eigenvalue weighted by atomic mass is 10.1. The van der Waals surface area contributed by atoms with Crippen molar-refractivity contribution >= 4 is 35.1 Å². The largest absolute Gasteiger partial charge is 0.416 e. The number of hydrogen-bond donors (Lipinski definition) is 2. The quantitative estimate of drug-likeness (QED) is 0.469. The molecule has 7 nitrogen and oxygen atoms in total. The standard InChI is InChI=1S/C27H26F3N5O2/c1-34-12-14-35(15-13-34)23-9-10-24(31-18-23)33-25(36)11-8-19-4-2-7-22(16-19)32-26(37)20-5-3-6-21(17-20)27(28,29)30/h2-11,16-18H,12-15H2,1H3,(H,32,37)(H,31,33,36)/b11-8+. The second-order valence-electron chi connectivity index (χ2n) is 8.67. The van der Waals surface area contributed by atoms with Gasteiger partial charge in [0.05, 0.1) is 17.4 Å². The van der Waals surface area contributed by atoms with Crippen LogP contribution in [0.1, 0.15) is 21.5 Å². The fourth-order valence-electron chi connectivity index (χ4n) is 3.81. The molecule has 0 spiro atoms. The number of pyridine rings is 1. The Labute approximate surface area is 212 Å². The summed E-state index contributed by atoms with van der Waals surface area (Å²) >= 11 is 0. The van der Waals surface area contributed by atoms with Crippen molar-refractivity contribution < 1.29 is 22.8 Å². The fourth-order valence-corrected chi connectivity index (χ4v) is 3.81. The first-order valence-corrected chi connectivity index (χ1v) is 11.6. The molecule has 1 saturated heterocycles. The molecule has 1 aliphatic rings. The number of halogens is 3. The molecular weight excluding hydrogens is 483 g/mol. The monoisotopic (exact) mass is 509 g/mol. The number of carbonyl (C=O) groups excluding carboxylic acids is 2. The van der Waals surface area contributed by atoms with E-state index >= 15 is 0 Å². The Bertz CT molecular complexity index is 1280. The minimum Gasteiger partial charge on any atom is -0.368 e. The third-order valence-electron chi connectivity index (χ3n) is 5.89. The molecule has 1 aliphatic heterocycles. The molecule has 0 unspecified atom stereocenters. The normalized spacial score (nSPS) is 14.5. The van der Waals surface area contributed by atoms with Crippen LogP contribution in [0.3, 0.4) is 0 Å². The maximum absolute atomic E-state index is 12.9. The number of hydrogen-bond acceptors (Lipinski definition) is 5. The van der Waals surface area contributed by atoms with Gasteiger partial charge in [-0.15, -0.1) is 0 Å². The Morgan fingerprint density at radius 1 is 0.946 bits per heavy atom. The summed E-state index contributed by atoms with van der Waals surface area (Å²) in [5, 5.41) is 5.29. The molecule has 192 valence electrons. The second-order valence-corrected chi connectivity index (χ2v) is 8.67. The van der Waals surface area contributed by atoms with Crippen LogP contribution in [0.25, 0.3) is 6.08 Å². The molecule has 2 amide bonds. The van der Waals surface area contributed by atoms with Crippen LogP contribution in [0.15, 0.2) is 72.9 Å². The lowest BCUT2D eigenvalue weighted by Gasteiger charge is -2.33. The number of rotatable bonds is 6. The van der Waals surface area contributed by atoms with Crippen LogP contribution in [-0.2, 0) is 11.0 Å². The zero-order valence-corrected chi connectivity index (χ0v) is 20.1. The number of amides is 2. The van der Waals surface area contributed by atoms with Gasteiger partial charge in [-0.05, 0) is 61.2 Å². The van der Waals surface area contributed by atoms with Gasteiger partial charge in [-0.3, -0.25) is 9.59 Å². The summed E-state index contributed by atoms with van der Waals surface area (Å²) < 4.78 is 38.8. The molecule has 37 heavy (non-hydrogen) atoms. The molecule has 0 radical (unpaired) electrons. The minimum atomic E-state index is -4.54.